The van der Waals surface area contributed by atoms with Crippen LogP contribution < -0.4 is 5.32 Å². The number of benzene rings is 1. The fourth-order valence-electron chi connectivity index (χ4n) is 2.46. The lowest BCUT2D eigenvalue weighted by atomic mass is 10.2. The summed E-state index contributed by atoms with van der Waals surface area (Å²) in [5, 5.41) is 17.4. The van der Waals surface area contributed by atoms with E-state index in [1.807, 2.05) is 6.07 Å². The number of rotatable bonds is 4. The van der Waals surface area contributed by atoms with Crippen LogP contribution in [-0.2, 0) is 16.5 Å². The molecule has 24 heavy (non-hydrogen) atoms. The molecule has 1 fully saturated rings. The molecule has 1 saturated heterocycles. The summed E-state index contributed by atoms with van der Waals surface area (Å²) in [6.07, 6.45) is 1.42. The van der Waals surface area contributed by atoms with Gasteiger partial charge >= 0.3 is 5.69 Å². The Hall–Kier alpha value is -2.78. The van der Waals surface area contributed by atoms with E-state index in [1.54, 1.807) is 18.2 Å². The third-order valence-corrected chi connectivity index (χ3v) is 3.58. The third kappa shape index (κ3) is 3.26. The van der Waals surface area contributed by atoms with Gasteiger partial charge < -0.3 is 14.8 Å². The van der Waals surface area contributed by atoms with Crippen molar-refractivity contribution in [1.29, 1.82) is 0 Å². The van der Waals surface area contributed by atoms with E-state index < -0.39 is 17.1 Å². The minimum Gasteiger partial charge on any atom is -0.348 e. The van der Waals surface area contributed by atoms with Gasteiger partial charge in [-0.2, -0.15) is 5.10 Å². The van der Waals surface area contributed by atoms with Gasteiger partial charge in [-0.3, -0.25) is 19.6 Å². The fraction of sp³-hybridized carbons (Fsp3) is 0.333. The Kier molecular flexibility index (Phi) is 4.54. The lowest BCUT2D eigenvalue weighted by molar-refractivity contribution is -0.385. The summed E-state index contributed by atoms with van der Waals surface area (Å²) in [5.41, 5.74) is 0.804. The number of amides is 1. The fourth-order valence-corrected chi connectivity index (χ4v) is 2.46. The van der Waals surface area contributed by atoms with Crippen LogP contribution in [-0.4, -0.2) is 33.8 Å². The molecule has 1 aliphatic rings. The topological polar surface area (TPSA) is 109 Å². The molecule has 0 saturated carbocycles. The second-order valence-corrected chi connectivity index (χ2v) is 5.27. The van der Waals surface area contributed by atoms with Crippen LogP contribution in [0, 0.1) is 10.1 Å². The number of aryl methyl sites for hydroxylation is 1. The molecule has 126 valence electrons. The van der Waals surface area contributed by atoms with Crippen molar-refractivity contribution in [1.82, 2.24) is 9.78 Å². The summed E-state index contributed by atoms with van der Waals surface area (Å²) in [6.45, 7) is 1.23. The first-order valence-corrected chi connectivity index (χ1v) is 7.37. The molecule has 0 aliphatic carbocycles. The van der Waals surface area contributed by atoms with Crippen LogP contribution in [0.2, 0.25) is 0 Å². The largest absolute Gasteiger partial charge is 0.348 e. The van der Waals surface area contributed by atoms with Crippen molar-refractivity contribution in [2.24, 2.45) is 7.05 Å². The number of nitro groups is 1. The van der Waals surface area contributed by atoms with Crippen LogP contribution in [0.3, 0.4) is 0 Å². The molecule has 0 bridgehead atoms. The van der Waals surface area contributed by atoms with Gasteiger partial charge in [0.05, 0.1) is 18.1 Å². The molecule has 0 atom stereocenters. The van der Waals surface area contributed by atoms with Crippen molar-refractivity contribution >= 4 is 17.3 Å². The predicted octanol–water partition coefficient (Wildman–Crippen LogP) is 2.02. The maximum atomic E-state index is 12.4. The van der Waals surface area contributed by atoms with E-state index in [0.29, 0.717) is 18.9 Å². The molecule has 1 aromatic carbocycles. The Morgan fingerprint density at radius 3 is 2.88 bits per heavy atom. The standard InChI is InChI=1S/C15H16N4O5/c1-18-13(12(9-16-18)19(21)22)14(20)17-11-5-2-4-10(8-11)15-23-6-3-7-24-15/h2,4-5,8-9,15H,3,6-7H2,1H3,(H,17,20). The summed E-state index contributed by atoms with van der Waals surface area (Å²) < 4.78 is 12.2. The Balaban J connectivity index is 1.80. The van der Waals surface area contributed by atoms with Crippen molar-refractivity contribution in [2.45, 2.75) is 12.7 Å². The second-order valence-electron chi connectivity index (χ2n) is 5.27. The highest BCUT2D eigenvalue weighted by molar-refractivity contribution is 6.05. The highest BCUT2D eigenvalue weighted by Gasteiger charge is 2.26. The average molecular weight is 332 g/mol. The molecule has 1 N–H and O–H groups in total. The van der Waals surface area contributed by atoms with Crippen LogP contribution >= 0.6 is 0 Å². The van der Waals surface area contributed by atoms with E-state index in [4.69, 9.17) is 9.47 Å². The number of anilines is 1. The van der Waals surface area contributed by atoms with E-state index >= 15 is 0 Å². The average Bonchev–Trinajstić information content (AvgIpc) is 2.98. The molecule has 0 spiro atoms. The zero-order chi connectivity index (χ0) is 17.1. The van der Waals surface area contributed by atoms with Gasteiger partial charge in [-0.1, -0.05) is 12.1 Å². The third-order valence-electron chi connectivity index (χ3n) is 3.58. The Morgan fingerprint density at radius 1 is 1.42 bits per heavy atom. The molecule has 1 aliphatic heterocycles. The lowest BCUT2D eigenvalue weighted by Crippen LogP contribution is -2.19. The van der Waals surface area contributed by atoms with Gasteiger partial charge in [-0.25, -0.2) is 0 Å². The summed E-state index contributed by atoms with van der Waals surface area (Å²) in [4.78, 5) is 22.7. The molecule has 2 heterocycles. The highest BCUT2D eigenvalue weighted by atomic mass is 16.7. The maximum absolute atomic E-state index is 12.4. The zero-order valence-corrected chi connectivity index (χ0v) is 13.0. The highest BCUT2D eigenvalue weighted by Crippen LogP contribution is 2.25. The van der Waals surface area contributed by atoms with Gasteiger partial charge in [0.25, 0.3) is 5.91 Å². The van der Waals surface area contributed by atoms with Crippen molar-refractivity contribution in [3.8, 4) is 0 Å². The van der Waals surface area contributed by atoms with Crippen LogP contribution in [0.25, 0.3) is 0 Å². The van der Waals surface area contributed by atoms with Crippen molar-refractivity contribution < 1.29 is 19.2 Å². The summed E-state index contributed by atoms with van der Waals surface area (Å²) >= 11 is 0. The minimum absolute atomic E-state index is 0.115. The first kappa shape index (κ1) is 16.1. The summed E-state index contributed by atoms with van der Waals surface area (Å²) in [7, 11) is 1.47. The van der Waals surface area contributed by atoms with E-state index in [-0.39, 0.29) is 11.4 Å². The molecular weight excluding hydrogens is 316 g/mol. The van der Waals surface area contributed by atoms with Crippen LogP contribution in [0.4, 0.5) is 11.4 Å². The molecule has 2 aromatic rings. The van der Waals surface area contributed by atoms with E-state index in [0.717, 1.165) is 18.2 Å². The number of hydrogen-bond donors (Lipinski definition) is 1. The maximum Gasteiger partial charge on any atom is 0.320 e. The molecule has 9 nitrogen and oxygen atoms in total. The van der Waals surface area contributed by atoms with Gasteiger partial charge in [-0.15, -0.1) is 0 Å². The first-order valence-electron chi connectivity index (χ1n) is 7.37. The number of nitrogens with one attached hydrogen (secondary N) is 1. The molecular formula is C15H16N4O5. The van der Waals surface area contributed by atoms with Crippen LogP contribution in [0.15, 0.2) is 30.5 Å². The van der Waals surface area contributed by atoms with Gasteiger partial charge in [0, 0.05) is 18.3 Å². The Morgan fingerprint density at radius 2 is 2.17 bits per heavy atom. The Bertz CT molecular complexity index is 767. The summed E-state index contributed by atoms with van der Waals surface area (Å²) in [5.74, 6) is -0.607. The smallest absolute Gasteiger partial charge is 0.320 e. The van der Waals surface area contributed by atoms with Crippen LogP contribution in [0.5, 0.6) is 0 Å². The minimum atomic E-state index is -0.637. The molecule has 9 heteroatoms. The van der Waals surface area contributed by atoms with Gasteiger partial charge in [-0.05, 0) is 18.6 Å². The molecule has 0 unspecified atom stereocenters. The number of carbonyl (C=O) groups is 1. The number of hydrogen-bond acceptors (Lipinski definition) is 6. The van der Waals surface area contributed by atoms with Gasteiger partial charge in [0.1, 0.15) is 6.20 Å². The van der Waals surface area contributed by atoms with Crippen LogP contribution in [0.1, 0.15) is 28.8 Å². The Labute approximate surface area is 137 Å². The first-order chi connectivity index (χ1) is 11.6. The number of carbonyl (C=O) groups excluding carboxylic acids is 1. The molecule has 3 rings (SSSR count). The number of aromatic nitrogens is 2. The molecule has 1 amide bonds. The van der Waals surface area contributed by atoms with E-state index in [2.05, 4.69) is 10.4 Å². The molecule has 1 aromatic heterocycles. The normalized spacial score (nSPS) is 15.2. The second kappa shape index (κ2) is 6.77. The van der Waals surface area contributed by atoms with E-state index in [1.165, 1.54) is 11.7 Å². The lowest BCUT2D eigenvalue weighted by Gasteiger charge is -2.23. The monoisotopic (exact) mass is 332 g/mol. The van der Waals surface area contributed by atoms with Crippen molar-refractivity contribution in [2.75, 3.05) is 18.5 Å². The van der Waals surface area contributed by atoms with Gasteiger partial charge in [0.2, 0.25) is 5.69 Å². The molecule has 0 radical (unpaired) electrons. The van der Waals surface area contributed by atoms with Crippen molar-refractivity contribution in [3.63, 3.8) is 0 Å². The number of nitrogens with zero attached hydrogens (tertiary/aromatic N) is 3. The predicted molar refractivity (Wildman–Crippen MR) is 83.5 cm³/mol. The van der Waals surface area contributed by atoms with E-state index in [9.17, 15) is 14.9 Å². The number of ether oxygens (including phenoxy) is 2. The SMILES string of the molecule is Cn1ncc([N+](=O)[O-])c1C(=O)Nc1cccc(C2OCCCO2)c1. The van der Waals surface area contributed by atoms with Crippen molar-refractivity contribution in [3.05, 3.63) is 51.8 Å². The van der Waals surface area contributed by atoms with Gasteiger partial charge in [0.15, 0.2) is 6.29 Å². The summed E-state index contributed by atoms with van der Waals surface area (Å²) in [6, 6.07) is 6.99. The zero-order valence-electron chi connectivity index (χ0n) is 13.0. The quantitative estimate of drug-likeness (QED) is 0.678.